The second-order valence-electron chi connectivity index (χ2n) is 6.03. The number of benzene rings is 1. The number of thiazole rings is 1. The molecule has 0 saturated carbocycles. The third-order valence-corrected chi connectivity index (χ3v) is 4.77. The van der Waals surface area contributed by atoms with Crippen molar-refractivity contribution in [1.29, 1.82) is 0 Å². The van der Waals surface area contributed by atoms with Crippen LogP contribution in [0.2, 0.25) is 0 Å². The highest BCUT2D eigenvalue weighted by molar-refractivity contribution is 7.15. The molecule has 6 nitrogen and oxygen atoms in total. The Balaban J connectivity index is 1.68. The summed E-state index contributed by atoms with van der Waals surface area (Å²) in [6.45, 7) is 2.26. The van der Waals surface area contributed by atoms with Crippen molar-refractivity contribution in [2.75, 3.05) is 25.5 Å². The maximum absolute atomic E-state index is 12.3. The fourth-order valence-electron chi connectivity index (χ4n) is 2.59. The summed E-state index contributed by atoms with van der Waals surface area (Å²) in [5.41, 5.74) is 3.09. The molecule has 0 aliphatic heterocycles. The van der Waals surface area contributed by atoms with Crippen molar-refractivity contribution in [3.05, 3.63) is 63.0 Å². The van der Waals surface area contributed by atoms with E-state index in [2.05, 4.69) is 10.3 Å². The molecule has 0 atom stereocenters. The third kappa shape index (κ3) is 3.71. The molecule has 3 rings (SSSR count). The first-order chi connectivity index (χ1) is 12.0. The largest absolute Gasteiger partial charge is 0.378 e. The summed E-state index contributed by atoms with van der Waals surface area (Å²) in [4.78, 5) is 31.5. The summed E-state index contributed by atoms with van der Waals surface area (Å²) in [6.07, 6.45) is 0.573. The van der Waals surface area contributed by atoms with Gasteiger partial charge in [0.15, 0.2) is 4.96 Å². The fourth-order valence-corrected chi connectivity index (χ4v) is 3.56. The van der Waals surface area contributed by atoms with Crippen LogP contribution in [0.3, 0.4) is 0 Å². The first kappa shape index (κ1) is 17.2. The minimum atomic E-state index is -0.121. The van der Waals surface area contributed by atoms with E-state index in [4.69, 9.17) is 0 Å². The number of nitrogens with one attached hydrogen (secondary N) is 1. The van der Waals surface area contributed by atoms with Gasteiger partial charge < -0.3 is 10.2 Å². The maximum atomic E-state index is 12.3. The molecule has 130 valence electrons. The van der Waals surface area contributed by atoms with Crippen LogP contribution in [0, 0.1) is 6.92 Å². The second-order valence-corrected chi connectivity index (χ2v) is 6.87. The van der Waals surface area contributed by atoms with Crippen molar-refractivity contribution in [1.82, 2.24) is 14.7 Å². The van der Waals surface area contributed by atoms with Crippen LogP contribution in [-0.4, -0.2) is 35.9 Å². The molecule has 3 aromatic rings. The molecule has 25 heavy (non-hydrogen) atoms. The van der Waals surface area contributed by atoms with E-state index in [1.807, 2.05) is 49.5 Å². The number of amides is 1. The maximum Gasteiger partial charge on any atom is 0.258 e. The lowest BCUT2D eigenvalue weighted by atomic mass is 10.2. The molecule has 0 fully saturated rings. The molecule has 0 aliphatic carbocycles. The Hall–Kier alpha value is -2.67. The number of anilines is 1. The summed E-state index contributed by atoms with van der Waals surface area (Å²) in [6, 6.07) is 8.99. The standard InChI is InChI=1S/C18H20N4O2S/c1-12-9-16(23)22-15(11-25-18(22)20-12)7-8-19-17(24)13-5-4-6-14(10-13)21(2)3/h4-6,9-11H,7-8H2,1-3H3,(H,19,24). The molecule has 2 aromatic heterocycles. The molecule has 0 saturated heterocycles. The molecular weight excluding hydrogens is 336 g/mol. The smallest absolute Gasteiger partial charge is 0.258 e. The van der Waals surface area contributed by atoms with Crippen LogP contribution in [0.25, 0.3) is 4.96 Å². The van der Waals surface area contributed by atoms with Crippen LogP contribution in [0.4, 0.5) is 5.69 Å². The Labute approximate surface area is 149 Å². The van der Waals surface area contributed by atoms with Crippen LogP contribution in [0.5, 0.6) is 0 Å². The lowest BCUT2D eigenvalue weighted by Gasteiger charge is -2.13. The number of rotatable bonds is 5. The van der Waals surface area contributed by atoms with Crippen molar-refractivity contribution < 1.29 is 4.79 Å². The van der Waals surface area contributed by atoms with Crippen molar-refractivity contribution >= 4 is 27.9 Å². The van der Waals surface area contributed by atoms with E-state index in [0.29, 0.717) is 29.2 Å². The first-order valence-corrected chi connectivity index (χ1v) is 8.86. The number of carbonyl (C=O) groups is 1. The zero-order chi connectivity index (χ0) is 18.0. The highest BCUT2D eigenvalue weighted by atomic mass is 32.1. The summed E-state index contributed by atoms with van der Waals surface area (Å²) in [5.74, 6) is -0.121. The quantitative estimate of drug-likeness (QED) is 0.760. The fraction of sp³-hybridized carbons (Fsp3) is 0.278. The van der Waals surface area contributed by atoms with Gasteiger partial charge in [0.05, 0.1) is 0 Å². The van der Waals surface area contributed by atoms with Gasteiger partial charge in [-0.2, -0.15) is 0 Å². The average molecular weight is 356 g/mol. The van der Waals surface area contributed by atoms with E-state index < -0.39 is 0 Å². The van der Waals surface area contributed by atoms with E-state index in [-0.39, 0.29) is 11.5 Å². The van der Waals surface area contributed by atoms with Crippen LogP contribution in [-0.2, 0) is 6.42 Å². The molecule has 0 aliphatic rings. The van der Waals surface area contributed by atoms with Crippen LogP contribution in [0.1, 0.15) is 21.7 Å². The molecule has 0 unspecified atom stereocenters. The number of carbonyl (C=O) groups excluding carboxylic acids is 1. The zero-order valence-electron chi connectivity index (χ0n) is 14.4. The Morgan fingerprint density at radius 3 is 2.88 bits per heavy atom. The van der Waals surface area contributed by atoms with E-state index in [1.165, 1.54) is 17.4 Å². The summed E-state index contributed by atoms with van der Waals surface area (Å²) in [5, 5.41) is 4.83. The molecule has 1 aromatic carbocycles. The average Bonchev–Trinajstić information content (AvgIpc) is 2.98. The van der Waals surface area contributed by atoms with Gasteiger partial charge in [0.1, 0.15) is 0 Å². The van der Waals surface area contributed by atoms with Gasteiger partial charge in [-0.05, 0) is 25.1 Å². The number of nitrogens with zero attached hydrogens (tertiary/aromatic N) is 3. The topological polar surface area (TPSA) is 66.7 Å². The normalized spacial score (nSPS) is 10.8. The molecule has 0 bridgehead atoms. The Kier molecular flexibility index (Phi) is 4.85. The van der Waals surface area contributed by atoms with Gasteiger partial charge in [0.2, 0.25) is 0 Å². The Morgan fingerprint density at radius 1 is 1.32 bits per heavy atom. The van der Waals surface area contributed by atoms with Gasteiger partial charge in [-0.25, -0.2) is 4.98 Å². The molecule has 0 radical (unpaired) electrons. The van der Waals surface area contributed by atoms with Crippen LogP contribution >= 0.6 is 11.3 Å². The van der Waals surface area contributed by atoms with Gasteiger partial charge in [0, 0.05) is 61.1 Å². The van der Waals surface area contributed by atoms with Gasteiger partial charge in [0.25, 0.3) is 11.5 Å². The zero-order valence-corrected chi connectivity index (χ0v) is 15.3. The van der Waals surface area contributed by atoms with Crippen molar-refractivity contribution in [2.24, 2.45) is 0 Å². The van der Waals surface area contributed by atoms with Crippen molar-refractivity contribution in [3.8, 4) is 0 Å². The molecular formula is C18H20N4O2S. The van der Waals surface area contributed by atoms with Gasteiger partial charge in [-0.15, -0.1) is 11.3 Å². The SMILES string of the molecule is Cc1cc(=O)n2c(CCNC(=O)c3cccc(N(C)C)c3)csc2n1. The van der Waals surface area contributed by atoms with E-state index in [1.54, 1.807) is 10.5 Å². The van der Waals surface area contributed by atoms with Crippen LogP contribution < -0.4 is 15.8 Å². The molecule has 0 spiro atoms. The molecule has 2 heterocycles. The van der Waals surface area contributed by atoms with Crippen LogP contribution in [0.15, 0.2) is 40.5 Å². The predicted molar refractivity (Wildman–Crippen MR) is 101 cm³/mol. The third-order valence-electron chi connectivity index (χ3n) is 3.90. The van der Waals surface area contributed by atoms with E-state index in [9.17, 15) is 9.59 Å². The summed E-state index contributed by atoms with van der Waals surface area (Å²) in [7, 11) is 3.87. The van der Waals surface area contributed by atoms with E-state index in [0.717, 1.165) is 11.4 Å². The number of aromatic nitrogens is 2. The van der Waals surface area contributed by atoms with Gasteiger partial charge in [-0.3, -0.25) is 14.0 Å². The number of fused-ring (bicyclic) bond motifs is 1. The monoisotopic (exact) mass is 356 g/mol. The second kappa shape index (κ2) is 7.06. The molecule has 1 amide bonds. The molecule has 7 heteroatoms. The number of hydrogen-bond acceptors (Lipinski definition) is 5. The van der Waals surface area contributed by atoms with E-state index >= 15 is 0 Å². The number of aryl methyl sites for hydroxylation is 1. The van der Waals surface area contributed by atoms with Crippen molar-refractivity contribution in [2.45, 2.75) is 13.3 Å². The highest BCUT2D eigenvalue weighted by Crippen LogP contribution is 2.14. The minimum absolute atomic E-state index is 0.0799. The Morgan fingerprint density at radius 2 is 2.12 bits per heavy atom. The summed E-state index contributed by atoms with van der Waals surface area (Å²) < 4.78 is 1.61. The van der Waals surface area contributed by atoms with Crippen molar-refractivity contribution in [3.63, 3.8) is 0 Å². The summed E-state index contributed by atoms with van der Waals surface area (Å²) >= 11 is 1.44. The minimum Gasteiger partial charge on any atom is -0.378 e. The van der Waals surface area contributed by atoms with Gasteiger partial charge in [-0.1, -0.05) is 6.07 Å². The molecule has 1 N–H and O–H groups in total. The lowest BCUT2D eigenvalue weighted by molar-refractivity contribution is 0.0954. The number of hydrogen-bond donors (Lipinski definition) is 1. The van der Waals surface area contributed by atoms with Gasteiger partial charge >= 0.3 is 0 Å². The highest BCUT2D eigenvalue weighted by Gasteiger charge is 2.10. The first-order valence-electron chi connectivity index (χ1n) is 7.98. The lowest BCUT2D eigenvalue weighted by Crippen LogP contribution is -2.27. The Bertz CT molecular complexity index is 975. The predicted octanol–water partition coefficient (Wildman–Crippen LogP) is 2.10.